The van der Waals surface area contributed by atoms with Crippen LogP contribution in [0.5, 0.6) is 0 Å². The van der Waals surface area contributed by atoms with Crippen LogP contribution in [0.3, 0.4) is 0 Å². The highest BCUT2D eigenvalue weighted by atomic mass is 16.6. The minimum absolute atomic E-state index is 0.00176. The van der Waals surface area contributed by atoms with Crippen LogP contribution in [-0.4, -0.2) is 40.5 Å². The Kier molecular flexibility index (Phi) is 5.65. The van der Waals surface area contributed by atoms with Crippen LogP contribution in [0, 0.1) is 16.0 Å². The molecule has 1 unspecified atom stereocenters. The summed E-state index contributed by atoms with van der Waals surface area (Å²) in [7, 11) is 1.47. The molecule has 1 rings (SSSR count). The Morgan fingerprint density at radius 3 is 2.62 bits per heavy atom. The van der Waals surface area contributed by atoms with Gasteiger partial charge in [0.1, 0.15) is 0 Å². The quantitative estimate of drug-likeness (QED) is 0.609. The molecule has 2 amide bonds. The van der Waals surface area contributed by atoms with Crippen LogP contribution in [0.25, 0.3) is 0 Å². The van der Waals surface area contributed by atoms with Gasteiger partial charge >= 0.3 is 12.0 Å². The average Bonchev–Trinajstić information content (AvgIpc) is 2.44. The summed E-state index contributed by atoms with van der Waals surface area (Å²) in [6.07, 6.45) is 0. The molecule has 0 spiro atoms. The number of nitrogens with one attached hydrogen (secondary N) is 1. The minimum Gasteiger partial charge on any atom is -0.481 e. The smallest absolute Gasteiger partial charge is 0.317 e. The number of rotatable bonds is 6. The molecule has 0 bridgehead atoms. The maximum Gasteiger partial charge on any atom is 0.317 e. The maximum absolute atomic E-state index is 11.8. The van der Waals surface area contributed by atoms with E-state index in [0.717, 1.165) is 0 Å². The summed E-state index contributed by atoms with van der Waals surface area (Å²) in [5.74, 6) is -1.68. The molecule has 0 aliphatic heterocycles. The molecule has 0 saturated heterocycles. The topological polar surface area (TPSA) is 113 Å². The molecule has 0 aliphatic carbocycles. The van der Waals surface area contributed by atoms with E-state index < -0.39 is 22.8 Å². The summed E-state index contributed by atoms with van der Waals surface area (Å²) < 4.78 is 0. The fourth-order valence-electron chi connectivity index (χ4n) is 1.72. The predicted molar refractivity (Wildman–Crippen MR) is 74.8 cm³/mol. The van der Waals surface area contributed by atoms with Crippen LogP contribution < -0.4 is 5.32 Å². The summed E-state index contributed by atoms with van der Waals surface area (Å²) in [5.41, 5.74) is 0.315. The van der Waals surface area contributed by atoms with Crippen molar-refractivity contribution in [3.8, 4) is 0 Å². The third-order valence-corrected chi connectivity index (χ3v) is 2.93. The summed E-state index contributed by atoms with van der Waals surface area (Å²) in [4.78, 5) is 34.1. The van der Waals surface area contributed by atoms with Gasteiger partial charge in [0.05, 0.1) is 17.4 Å². The zero-order valence-corrected chi connectivity index (χ0v) is 11.8. The fraction of sp³-hybridized carbons (Fsp3) is 0.385. The number of benzene rings is 1. The molecule has 0 radical (unpaired) electrons. The molecule has 21 heavy (non-hydrogen) atoms. The molecule has 1 atom stereocenters. The number of hydrogen-bond donors (Lipinski definition) is 2. The van der Waals surface area contributed by atoms with E-state index >= 15 is 0 Å². The molecular weight excluding hydrogens is 278 g/mol. The second kappa shape index (κ2) is 7.22. The van der Waals surface area contributed by atoms with Gasteiger partial charge in [-0.2, -0.15) is 0 Å². The lowest BCUT2D eigenvalue weighted by molar-refractivity contribution is -0.385. The zero-order chi connectivity index (χ0) is 16.0. The van der Waals surface area contributed by atoms with Crippen molar-refractivity contribution in [2.45, 2.75) is 13.5 Å². The van der Waals surface area contributed by atoms with E-state index in [0.29, 0.717) is 5.56 Å². The number of amides is 2. The first-order chi connectivity index (χ1) is 9.82. The number of urea groups is 1. The Bertz CT molecular complexity index is 546. The van der Waals surface area contributed by atoms with Gasteiger partial charge in [-0.15, -0.1) is 0 Å². The van der Waals surface area contributed by atoms with Crippen LogP contribution >= 0.6 is 0 Å². The molecule has 114 valence electrons. The number of carbonyl (C=O) groups excluding carboxylic acids is 1. The molecule has 1 aromatic carbocycles. The van der Waals surface area contributed by atoms with Crippen LogP contribution in [0.2, 0.25) is 0 Å². The summed E-state index contributed by atoms with van der Waals surface area (Å²) >= 11 is 0. The first-order valence-electron chi connectivity index (χ1n) is 6.27. The highest BCUT2D eigenvalue weighted by molar-refractivity contribution is 5.75. The van der Waals surface area contributed by atoms with Gasteiger partial charge in [0, 0.05) is 25.2 Å². The van der Waals surface area contributed by atoms with Crippen molar-refractivity contribution in [1.82, 2.24) is 10.2 Å². The number of nitro benzene ring substituents is 1. The van der Waals surface area contributed by atoms with Crippen molar-refractivity contribution in [2.24, 2.45) is 5.92 Å². The van der Waals surface area contributed by atoms with Crippen LogP contribution in [0.1, 0.15) is 12.5 Å². The Morgan fingerprint density at radius 2 is 2.05 bits per heavy atom. The van der Waals surface area contributed by atoms with Crippen molar-refractivity contribution in [3.63, 3.8) is 0 Å². The highest BCUT2D eigenvalue weighted by Crippen LogP contribution is 2.17. The van der Waals surface area contributed by atoms with Crippen molar-refractivity contribution in [2.75, 3.05) is 13.6 Å². The van der Waals surface area contributed by atoms with Gasteiger partial charge in [0.25, 0.3) is 5.69 Å². The highest BCUT2D eigenvalue weighted by Gasteiger charge is 2.18. The van der Waals surface area contributed by atoms with Gasteiger partial charge in [-0.25, -0.2) is 4.79 Å². The zero-order valence-electron chi connectivity index (χ0n) is 11.8. The number of nitrogens with zero attached hydrogens (tertiary/aromatic N) is 2. The second-order valence-corrected chi connectivity index (χ2v) is 4.66. The fourth-order valence-corrected chi connectivity index (χ4v) is 1.72. The lowest BCUT2D eigenvalue weighted by atomic mass is 10.2. The van der Waals surface area contributed by atoms with Gasteiger partial charge in [-0.3, -0.25) is 14.9 Å². The molecule has 8 nitrogen and oxygen atoms in total. The number of aliphatic carboxylic acids is 1. The van der Waals surface area contributed by atoms with E-state index in [9.17, 15) is 19.7 Å². The standard InChI is InChI=1S/C13H17N3O5/c1-9(12(17)18)8-15(2)13(19)14-7-10-5-3-4-6-11(10)16(20)21/h3-6,9H,7-8H2,1-2H3,(H,14,19)(H,17,18). The van der Waals surface area contributed by atoms with Crippen LogP contribution in [0.15, 0.2) is 24.3 Å². The average molecular weight is 295 g/mol. The number of carboxylic acids is 1. The van der Waals surface area contributed by atoms with Crippen molar-refractivity contribution in [1.29, 1.82) is 0 Å². The summed E-state index contributed by atoms with van der Waals surface area (Å²) in [5, 5.41) is 22.2. The second-order valence-electron chi connectivity index (χ2n) is 4.66. The first-order valence-corrected chi connectivity index (χ1v) is 6.27. The van der Waals surface area contributed by atoms with E-state index in [2.05, 4.69) is 5.32 Å². The number of hydrogen-bond acceptors (Lipinski definition) is 4. The van der Waals surface area contributed by atoms with Crippen LogP contribution in [0.4, 0.5) is 10.5 Å². The first kappa shape index (κ1) is 16.4. The lowest BCUT2D eigenvalue weighted by Gasteiger charge is -2.20. The Balaban J connectivity index is 2.61. The maximum atomic E-state index is 11.8. The van der Waals surface area contributed by atoms with Crippen molar-refractivity contribution >= 4 is 17.7 Å². The van der Waals surface area contributed by atoms with E-state index in [1.165, 1.54) is 24.9 Å². The minimum atomic E-state index is -0.992. The van der Waals surface area contributed by atoms with Gasteiger partial charge in [-0.1, -0.05) is 25.1 Å². The Morgan fingerprint density at radius 1 is 1.43 bits per heavy atom. The number of para-hydroxylation sites is 1. The van der Waals surface area contributed by atoms with E-state index in [4.69, 9.17) is 5.11 Å². The van der Waals surface area contributed by atoms with Crippen molar-refractivity contribution in [3.05, 3.63) is 39.9 Å². The van der Waals surface area contributed by atoms with Crippen LogP contribution in [-0.2, 0) is 11.3 Å². The third-order valence-electron chi connectivity index (χ3n) is 2.93. The summed E-state index contributed by atoms with van der Waals surface area (Å²) in [6, 6.07) is 5.62. The molecule has 1 aromatic rings. The van der Waals surface area contributed by atoms with E-state index in [1.54, 1.807) is 18.2 Å². The molecule has 0 fully saturated rings. The number of carboxylic acid groups (broad SMARTS) is 1. The number of carbonyl (C=O) groups is 2. The molecule has 0 saturated carbocycles. The van der Waals surface area contributed by atoms with Gasteiger partial charge in [0.15, 0.2) is 0 Å². The Labute approximate surface area is 121 Å². The largest absolute Gasteiger partial charge is 0.481 e. The van der Waals surface area contributed by atoms with Crippen molar-refractivity contribution < 1.29 is 19.6 Å². The molecule has 8 heteroatoms. The SMILES string of the molecule is CC(CN(C)C(=O)NCc1ccccc1[N+](=O)[O-])C(=O)O. The number of nitro groups is 1. The lowest BCUT2D eigenvalue weighted by Crippen LogP contribution is -2.40. The Hall–Kier alpha value is -2.64. The third kappa shape index (κ3) is 4.75. The van der Waals surface area contributed by atoms with E-state index in [-0.39, 0.29) is 18.8 Å². The van der Waals surface area contributed by atoms with Gasteiger partial charge in [-0.05, 0) is 0 Å². The molecular formula is C13H17N3O5. The molecule has 2 N–H and O–H groups in total. The predicted octanol–water partition coefficient (Wildman–Crippen LogP) is 1.46. The normalized spacial score (nSPS) is 11.5. The summed E-state index contributed by atoms with van der Waals surface area (Å²) in [6.45, 7) is 1.55. The van der Waals surface area contributed by atoms with Gasteiger partial charge < -0.3 is 15.3 Å². The molecule has 0 aromatic heterocycles. The molecule has 0 aliphatic rings. The van der Waals surface area contributed by atoms with Gasteiger partial charge in [0.2, 0.25) is 0 Å². The molecule has 0 heterocycles. The monoisotopic (exact) mass is 295 g/mol. The van der Waals surface area contributed by atoms with E-state index in [1.807, 2.05) is 0 Å².